The molecule has 124 valence electrons. The molecule has 0 radical (unpaired) electrons. The molecule has 2 aromatic heterocycles. The van der Waals surface area contributed by atoms with Crippen LogP contribution < -0.4 is 4.90 Å². The number of aryl methyl sites for hydroxylation is 1. The Balaban J connectivity index is 1.62. The van der Waals surface area contributed by atoms with Crippen LogP contribution in [0, 0.1) is 6.92 Å². The summed E-state index contributed by atoms with van der Waals surface area (Å²) in [4.78, 5) is 13.8. The summed E-state index contributed by atoms with van der Waals surface area (Å²) >= 11 is 0. The number of morpholine rings is 1. The summed E-state index contributed by atoms with van der Waals surface area (Å²) in [5.41, 5.74) is 0.996. The van der Waals surface area contributed by atoms with Gasteiger partial charge in [0.05, 0.1) is 13.2 Å². The zero-order valence-electron chi connectivity index (χ0n) is 13.7. The lowest BCUT2D eigenvalue weighted by atomic mass is 10.0. The van der Waals surface area contributed by atoms with E-state index in [1.54, 1.807) is 6.33 Å². The predicted molar refractivity (Wildman–Crippen MR) is 87.8 cm³/mol. The number of hydrogen-bond acceptors (Lipinski definition) is 6. The number of hydrogen-bond donors (Lipinski definition) is 0. The predicted octanol–water partition coefficient (Wildman–Crippen LogP) is 1.12. The van der Waals surface area contributed by atoms with E-state index in [0.717, 1.165) is 50.9 Å². The van der Waals surface area contributed by atoms with E-state index < -0.39 is 0 Å². The van der Waals surface area contributed by atoms with Gasteiger partial charge in [-0.25, -0.2) is 4.98 Å². The second kappa shape index (κ2) is 6.41. The van der Waals surface area contributed by atoms with Crippen LogP contribution in [0.5, 0.6) is 0 Å². The fourth-order valence-corrected chi connectivity index (χ4v) is 3.69. The fraction of sp³-hybridized carbons (Fsp3) is 0.688. The topological polar surface area (TPSA) is 58.8 Å². The molecule has 7 nitrogen and oxygen atoms in total. The smallest absolute Gasteiger partial charge is 0.254 e. The summed E-state index contributed by atoms with van der Waals surface area (Å²) in [5.74, 6) is 1.82. The van der Waals surface area contributed by atoms with E-state index >= 15 is 0 Å². The third-order valence-corrected chi connectivity index (χ3v) is 4.86. The molecule has 0 aliphatic carbocycles. The molecule has 23 heavy (non-hydrogen) atoms. The van der Waals surface area contributed by atoms with Crippen LogP contribution in [0.15, 0.2) is 12.4 Å². The molecular formula is C16H24N6O. The number of fused-ring (bicyclic) bond motifs is 1. The van der Waals surface area contributed by atoms with Crippen molar-refractivity contribution in [1.82, 2.24) is 24.5 Å². The van der Waals surface area contributed by atoms with E-state index in [9.17, 15) is 0 Å². The quantitative estimate of drug-likeness (QED) is 0.846. The van der Waals surface area contributed by atoms with Gasteiger partial charge in [-0.1, -0.05) is 0 Å². The molecule has 0 aromatic carbocycles. The maximum Gasteiger partial charge on any atom is 0.254 e. The van der Waals surface area contributed by atoms with Crippen LogP contribution in [0.4, 0.5) is 5.82 Å². The number of piperidine rings is 1. The average molecular weight is 316 g/mol. The van der Waals surface area contributed by atoms with E-state index in [-0.39, 0.29) is 0 Å². The first-order valence-corrected chi connectivity index (χ1v) is 8.55. The second-order valence-corrected chi connectivity index (χ2v) is 6.48. The molecule has 4 rings (SSSR count). The maximum absolute atomic E-state index is 5.48. The zero-order chi connectivity index (χ0) is 15.6. The minimum absolute atomic E-state index is 0.524. The van der Waals surface area contributed by atoms with Gasteiger partial charge in [-0.05, 0) is 26.2 Å². The molecule has 4 heterocycles. The Hall–Kier alpha value is -1.73. The Labute approximate surface area is 136 Å². The van der Waals surface area contributed by atoms with E-state index in [4.69, 9.17) is 4.74 Å². The Morgan fingerprint density at radius 1 is 1.22 bits per heavy atom. The second-order valence-electron chi connectivity index (χ2n) is 6.48. The summed E-state index contributed by atoms with van der Waals surface area (Å²) in [6.45, 7) is 7.99. The third-order valence-electron chi connectivity index (χ3n) is 4.86. The van der Waals surface area contributed by atoms with Crippen molar-refractivity contribution in [2.75, 3.05) is 44.3 Å². The van der Waals surface area contributed by atoms with E-state index in [0.29, 0.717) is 11.8 Å². The lowest BCUT2D eigenvalue weighted by molar-refractivity contribution is 0.0338. The van der Waals surface area contributed by atoms with Crippen LogP contribution in [0.1, 0.15) is 25.0 Å². The lowest BCUT2D eigenvalue weighted by Gasteiger charge is -2.40. The van der Waals surface area contributed by atoms with Crippen molar-refractivity contribution in [3.05, 3.63) is 18.1 Å². The first-order chi connectivity index (χ1) is 11.3. The van der Waals surface area contributed by atoms with Gasteiger partial charge < -0.3 is 9.64 Å². The van der Waals surface area contributed by atoms with Gasteiger partial charge in [0.2, 0.25) is 0 Å². The highest BCUT2D eigenvalue weighted by atomic mass is 16.5. The van der Waals surface area contributed by atoms with Gasteiger partial charge in [0.15, 0.2) is 0 Å². The van der Waals surface area contributed by atoms with Gasteiger partial charge in [0.1, 0.15) is 12.1 Å². The first kappa shape index (κ1) is 14.8. The highest BCUT2D eigenvalue weighted by Gasteiger charge is 2.27. The monoisotopic (exact) mass is 316 g/mol. The maximum atomic E-state index is 5.48. The summed E-state index contributed by atoms with van der Waals surface area (Å²) < 4.78 is 7.36. The van der Waals surface area contributed by atoms with Gasteiger partial charge in [-0.3, -0.25) is 4.90 Å². The van der Waals surface area contributed by atoms with Crippen LogP contribution >= 0.6 is 0 Å². The number of ether oxygens (including phenoxy) is 1. The van der Waals surface area contributed by atoms with Crippen LogP contribution in [0.25, 0.3) is 5.78 Å². The molecule has 0 N–H and O–H groups in total. The molecular weight excluding hydrogens is 292 g/mol. The Bertz CT molecular complexity index is 666. The Kier molecular flexibility index (Phi) is 4.13. The van der Waals surface area contributed by atoms with Crippen molar-refractivity contribution in [3.63, 3.8) is 0 Å². The molecule has 7 heteroatoms. The minimum atomic E-state index is 0.524. The van der Waals surface area contributed by atoms with Crippen molar-refractivity contribution in [2.24, 2.45) is 0 Å². The molecule has 0 bridgehead atoms. The molecule has 2 aliphatic rings. The molecule has 0 saturated carbocycles. The van der Waals surface area contributed by atoms with Crippen LogP contribution in [0.3, 0.4) is 0 Å². The molecule has 0 unspecified atom stereocenters. The van der Waals surface area contributed by atoms with E-state index in [1.165, 1.54) is 19.3 Å². The number of rotatable bonds is 3. The van der Waals surface area contributed by atoms with Crippen LogP contribution in [-0.4, -0.2) is 69.9 Å². The third kappa shape index (κ3) is 3.03. The molecule has 2 fully saturated rings. The number of anilines is 1. The molecule has 1 atom stereocenters. The first-order valence-electron chi connectivity index (χ1n) is 8.55. The molecule has 2 saturated heterocycles. The zero-order valence-corrected chi connectivity index (χ0v) is 13.7. The van der Waals surface area contributed by atoms with E-state index in [1.807, 2.05) is 11.4 Å². The molecule has 0 amide bonds. The van der Waals surface area contributed by atoms with Gasteiger partial charge >= 0.3 is 0 Å². The SMILES string of the molecule is Cc1cc(N2CCCC[C@@H]2CN2CCOCC2)n2ncnc2n1. The van der Waals surface area contributed by atoms with Crippen molar-refractivity contribution < 1.29 is 4.74 Å². The van der Waals surface area contributed by atoms with Crippen molar-refractivity contribution in [3.8, 4) is 0 Å². The molecule has 2 aromatic rings. The lowest BCUT2D eigenvalue weighted by Crippen LogP contribution is -2.50. The van der Waals surface area contributed by atoms with Gasteiger partial charge in [0, 0.05) is 44.0 Å². The van der Waals surface area contributed by atoms with Crippen molar-refractivity contribution in [2.45, 2.75) is 32.2 Å². The Morgan fingerprint density at radius 3 is 2.96 bits per heavy atom. The van der Waals surface area contributed by atoms with Gasteiger partial charge in [0.25, 0.3) is 5.78 Å². The minimum Gasteiger partial charge on any atom is -0.379 e. The highest BCUT2D eigenvalue weighted by molar-refractivity contribution is 5.48. The summed E-state index contributed by atoms with van der Waals surface area (Å²) in [6.07, 6.45) is 5.36. The number of aromatic nitrogens is 4. The van der Waals surface area contributed by atoms with Gasteiger partial charge in [-0.2, -0.15) is 14.6 Å². The van der Waals surface area contributed by atoms with Gasteiger partial charge in [-0.15, -0.1) is 0 Å². The summed E-state index contributed by atoms with van der Waals surface area (Å²) in [6, 6.07) is 2.66. The highest BCUT2D eigenvalue weighted by Crippen LogP contribution is 2.26. The fourth-order valence-electron chi connectivity index (χ4n) is 3.69. The number of nitrogens with zero attached hydrogens (tertiary/aromatic N) is 6. The summed E-state index contributed by atoms with van der Waals surface area (Å²) in [5, 5.41) is 4.38. The molecule has 0 spiro atoms. The largest absolute Gasteiger partial charge is 0.379 e. The Morgan fingerprint density at radius 2 is 2.09 bits per heavy atom. The van der Waals surface area contributed by atoms with Crippen molar-refractivity contribution >= 4 is 11.6 Å². The standard InChI is InChI=1S/C16H24N6O/c1-13-10-15(22-16(19-13)17-12-18-22)21-5-3-2-4-14(21)11-20-6-8-23-9-7-20/h10,12,14H,2-9,11H2,1H3/t14-/m1/s1. The van der Waals surface area contributed by atoms with E-state index in [2.05, 4.69) is 30.9 Å². The molecule has 2 aliphatic heterocycles. The normalized spacial score (nSPS) is 23.5. The average Bonchev–Trinajstić information content (AvgIpc) is 3.04. The summed E-state index contributed by atoms with van der Waals surface area (Å²) in [7, 11) is 0. The van der Waals surface area contributed by atoms with Crippen LogP contribution in [0.2, 0.25) is 0 Å². The van der Waals surface area contributed by atoms with Crippen LogP contribution in [-0.2, 0) is 4.74 Å². The van der Waals surface area contributed by atoms with Crippen molar-refractivity contribution in [1.29, 1.82) is 0 Å².